The van der Waals surface area contributed by atoms with Crippen LogP contribution in [0.5, 0.6) is 0 Å². The van der Waals surface area contributed by atoms with E-state index in [2.05, 4.69) is 0 Å². The van der Waals surface area contributed by atoms with E-state index in [4.69, 9.17) is 5.26 Å². The monoisotopic (exact) mass is 219 g/mol. The van der Waals surface area contributed by atoms with E-state index >= 15 is 0 Å². The summed E-state index contributed by atoms with van der Waals surface area (Å²) >= 11 is 0. The first kappa shape index (κ1) is 12.4. The lowest BCUT2D eigenvalue weighted by atomic mass is 9.80. The molecular formula is C13H14FNO. The summed E-state index contributed by atoms with van der Waals surface area (Å²) in [5, 5.41) is 9.01. The molecule has 0 aromatic heterocycles. The fourth-order valence-electron chi connectivity index (χ4n) is 1.40. The number of nitriles is 1. The summed E-state index contributed by atoms with van der Waals surface area (Å²) in [4.78, 5) is 12.0. The molecule has 0 bridgehead atoms. The molecule has 0 fully saturated rings. The number of hydrogen-bond acceptors (Lipinski definition) is 2. The largest absolute Gasteiger partial charge is 0.297 e. The summed E-state index contributed by atoms with van der Waals surface area (Å²) in [6, 6.07) is 7.56. The molecule has 1 atom stereocenters. The van der Waals surface area contributed by atoms with E-state index in [1.807, 2.05) is 6.07 Å². The van der Waals surface area contributed by atoms with Gasteiger partial charge in [0.2, 0.25) is 0 Å². The molecule has 84 valence electrons. The third kappa shape index (κ3) is 2.66. The van der Waals surface area contributed by atoms with E-state index in [9.17, 15) is 9.18 Å². The van der Waals surface area contributed by atoms with Crippen molar-refractivity contribution >= 4 is 5.78 Å². The highest BCUT2D eigenvalue weighted by Crippen LogP contribution is 2.27. The predicted octanol–water partition coefficient (Wildman–Crippen LogP) is 3.05. The van der Waals surface area contributed by atoms with Crippen LogP contribution in [0.1, 0.15) is 32.3 Å². The Hall–Kier alpha value is -1.69. The van der Waals surface area contributed by atoms with Crippen LogP contribution in [0.4, 0.5) is 4.39 Å². The maximum Gasteiger partial charge on any atom is 0.159 e. The van der Waals surface area contributed by atoms with Crippen molar-refractivity contribution in [1.82, 2.24) is 0 Å². The third-order valence-electron chi connectivity index (χ3n) is 2.31. The summed E-state index contributed by atoms with van der Waals surface area (Å²) in [6.07, 6.45) is 0. The summed E-state index contributed by atoms with van der Waals surface area (Å²) in [6.45, 7) is 5.25. The number of nitrogens with zero attached hydrogens (tertiary/aromatic N) is 1. The van der Waals surface area contributed by atoms with Crippen LogP contribution in [0.25, 0.3) is 0 Å². The van der Waals surface area contributed by atoms with E-state index < -0.39 is 17.2 Å². The molecule has 1 aromatic carbocycles. The highest BCUT2D eigenvalue weighted by Gasteiger charge is 2.30. The third-order valence-corrected chi connectivity index (χ3v) is 2.31. The van der Waals surface area contributed by atoms with Crippen LogP contribution in [0.2, 0.25) is 0 Å². The Labute approximate surface area is 94.7 Å². The van der Waals surface area contributed by atoms with Gasteiger partial charge >= 0.3 is 0 Å². The molecule has 3 heteroatoms. The number of carbonyl (C=O) groups excluding carboxylic acids is 1. The van der Waals surface area contributed by atoms with Gasteiger partial charge in [-0.25, -0.2) is 4.39 Å². The molecule has 0 radical (unpaired) electrons. The van der Waals surface area contributed by atoms with Crippen molar-refractivity contribution in [3.8, 4) is 6.07 Å². The van der Waals surface area contributed by atoms with Gasteiger partial charge in [-0.3, -0.25) is 4.79 Å². The molecule has 0 aliphatic rings. The van der Waals surface area contributed by atoms with Gasteiger partial charge in [-0.15, -0.1) is 0 Å². The number of benzene rings is 1. The van der Waals surface area contributed by atoms with Gasteiger partial charge in [0, 0.05) is 5.41 Å². The smallest absolute Gasteiger partial charge is 0.159 e. The van der Waals surface area contributed by atoms with Gasteiger partial charge in [0.05, 0.1) is 6.07 Å². The second-order valence-corrected chi connectivity index (χ2v) is 4.73. The molecule has 1 rings (SSSR count). The molecule has 0 saturated carbocycles. The van der Waals surface area contributed by atoms with Crippen molar-refractivity contribution in [2.24, 2.45) is 5.41 Å². The zero-order valence-corrected chi connectivity index (χ0v) is 9.62. The molecule has 2 nitrogen and oxygen atoms in total. The first-order chi connectivity index (χ1) is 7.36. The van der Waals surface area contributed by atoms with Crippen LogP contribution in [-0.2, 0) is 4.79 Å². The maximum atomic E-state index is 13.0. The SMILES string of the molecule is CC(C)(C)C(=O)C(C#N)c1cccc(F)c1. The van der Waals surface area contributed by atoms with Crippen LogP contribution in [0, 0.1) is 22.6 Å². The number of rotatable bonds is 2. The molecule has 0 N–H and O–H groups in total. The lowest BCUT2D eigenvalue weighted by molar-refractivity contribution is -0.126. The van der Waals surface area contributed by atoms with E-state index in [1.54, 1.807) is 26.8 Å². The first-order valence-electron chi connectivity index (χ1n) is 5.05. The second-order valence-electron chi connectivity index (χ2n) is 4.73. The lowest BCUT2D eigenvalue weighted by Crippen LogP contribution is -2.26. The highest BCUT2D eigenvalue weighted by atomic mass is 19.1. The number of carbonyl (C=O) groups is 1. The zero-order chi connectivity index (χ0) is 12.3. The quantitative estimate of drug-likeness (QED) is 0.767. The zero-order valence-electron chi connectivity index (χ0n) is 9.62. The minimum atomic E-state index is -0.893. The van der Waals surface area contributed by atoms with Gasteiger partial charge in [-0.1, -0.05) is 32.9 Å². The number of Topliss-reactive ketones (excluding diaryl/α,β-unsaturated/α-hetero) is 1. The second kappa shape index (κ2) is 4.44. The van der Waals surface area contributed by atoms with Crippen LogP contribution in [0.15, 0.2) is 24.3 Å². The van der Waals surface area contributed by atoms with Gasteiger partial charge in [0.25, 0.3) is 0 Å². The van der Waals surface area contributed by atoms with Gasteiger partial charge in [-0.05, 0) is 17.7 Å². The molecule has 0 saturated heterocycles. The van der Waals surface area contributed by atoms with Crippen molar-refractivity contribution in [2.75, 3.05) is 0 Å². The molecule has 0 aliphatic heterocycles. The number of ketones is 1. The maximum absolute atomic E-state index is 13.0. The summed E-state index contributed by atoms with van der Waals surface area (Å²) < 4.78 is 13.0. The van der Waals surface area contributed by atoms with E-state index in [0.717, 1.165) is 0 Å². The van der Waals surface area contributed by atoms with Crippen molar-refractivity contribution in [3.05, 3.63) is 35.6 Å². The van der Waals surface area contributed by atoms with Crippen molar-refractivity contribution in [3.63, 3.8) is 0 Å². The Morgan fingerprint density at radius 2 is 2.06 bits per heavy atom. The van der Waals surface area contributed by atoms with Crippen molar-refractivity contribution in [2.45, 2.75) is 26.7 Å². The summed E-state index contributed by atoms with van der Waals surface area (Å²) in [5.41, 5.74) is -0.186. The fraction of sp³-hybridized carbons (Fsp3) is 0.385. The molecule has 0 heterocycles. The molecular weight excluding hydrogens is 205 g/mol. The molecule has 1 unspecified atom stereocenters. The molecule has 0 amide bonds. The average molecular weight is 219 g/mol. The minimum absolute atomic E-state index is 0.194. The van der Waals surface area contributed by atoms with Gasteiger partial charge in [-0.2, -0.15) is 5.26 Å². The van der Waals surface area contributed by atoms with Crippen LogP contribution in [-0.4, -0.2) is 5.78 Å². The first-order valence-corrected chi connectivity index (χ1v) is 5.05. The Bertz CT molecular complexity index is 440. The summed E-state index contributed by atoms with van der Waals surface area (Å²) in [5.74, 6) is -1.52. The number of halogens is 1. The van der Waals surface area contributed by atoms with Crippen molar-refractivity contribution < 1.29 is 9.18 Å². The van der Waals surface area contributed by atoms with Crippen LogP contribution in [0.3, 0.4) is 0 Å². The van der Waals surface area contributed by atoms with Gasteiger partial charge in [0.15, 0.2) is 5.78 Å². The van der Waals surface area contributed by atoms with E-state index in [1.165, 1.54) is 18.2 Å². The van der Waals surface area contributed by atoms with Gasteiger partial charge in [0.1, 0.15) is 11.7 Å². The Balaban J connectivity index is 3.10. The number of hydrogen-bond donors (Lipinski definition) is 0. The fourth-order valence-corrected chi connectivity index (χ4v) is 1.40. The molecule has 16 heavy (non-hydrogen) atoms. The van der Waals surface area contributed by atoms with E-state index in [-0.39, 0.29) is 5.78 Å². The molecule has 0 aliphatic carbocycles. The molecule has 1 aromatic rings. The summed E-state index contributed by atoms with van der Waals surface area (Å²) in [7, 11) is 0. The van der Waals surface area contributed by atoms with Crippen molar-refractivity contribution in [1.29, 1.82) is 5.26 Å². The topological polar surface area (TPSA) is 40.9 Å². The molecule has 0 spiro atoms. The minimum Gasteiger partial charge on any atom is -0.297 e. The van der Waals surface area contributed by atoms with E-state index in [0.29, 0.717) is 5.56 Å². The normalized spacial score (nSPS) is 12.9. The van der Waals surface area contributed by atoms with Crippen LogP contribution >= 0.6 is 0 Å². The Morgan fingerprint density at radius 3 is 2.50 bits per heavy atom. The average Bonchev–Trinajstić information content (AvgIpc) is 2.17. The Morgan fingerprint density at radius 1 is 1.44 bits per heavy atom. The predicted molar refractivity (Wildman–Crippen MR) is 59.2 cm³/mol. The standard InChI is InChI=1S/C13H14FNO/c1-13(2,3)12(16)11(8-15)9-5-4-6-10(14)7-9/h4-7,11H,1-3H3. The lowest BCUT2D eigenvalue weighted by Gasteiger charge is -2.20. The Kier molecular flexibility index (Phi) is 3.44. The highest BCUT2D eigenvalue weighted by molar-refractivity contribution is 5.92. The van der Waals surface area contributed by atoms with Gasteiger partial charge < -0.3 is 0 Å². The van der Waals surface area contributed by atoms with Crippen LogP contribution < -0.4 is 0 Å².